The van der Waals surface area contributed by atoms with E-state index in [0.29, 0.717) is 0 Å². The van der Waals surface area contributed by atoms with Crippen molar-refractivity contribution in [2.24, 2.45) is 0 Å². The third-order valence-electron chi connectivity index (χ3n) is 0. The van der Waals surface area contributed by atoms with E-state index in [1.165, 1.54) is 0 Å². The fourth-order valence-electron chi connectivity index (χ4n) is 0. The van der Waals surface area contributed by atoms with Crippen molar-refractivity contribution in [2.45, 2.75) is 149 Å². The van der Waals surface area contributed by atoms with Crippen LogP contribution in [0.15, 0.2) is 0 Å². The summed E-state index contributed by atoms with van der Waals surface area (Å²) in [5, 5.41) is 0. The maximum Gasteiger partial charge on any atom is -1.00 e. The Morgan fingerprint density at radius 2 is 0.520 bits per heavy atom. The molecule has 0 aliphatic heterocycles. The first-order valence-corrected chi connectivity index (χ1v) is 4.37. The topological polar surface area (TPSA) is 0 Å². The van der Waals surface area contributed by atoms with E-state index in [0.717, 1.165) is 0 Å². The Bertz CT molecular complexity index is 91.0. The Morgan fingerprint density at radius 3 is 0.520 bits per heavy atom. The largest absolute Gasteiger partial charge is 1.00 e. The van der Waals surface area contributed by atoms with E-state index in [-0.39, 0.29) is 204 Å². The number of hydrogen-bond acceptors (Lipinski definition) is 1. The second-order valence-electron chi connectivity index (χ2n) is 0. The van der Waals surface area contributed by atoms with Crippen molar-refractivity contribution in [1.82, 2.24) is 0 Å². The Morgan fingerprint density at radius 1 is 0.520 bits per heavy atom. The molecule has 256 valence electrons. The summed E-state index contributed by atoms with van der Waals surface area (Å²) in [5.74, 6) is 0. The molecule has 0 aliphatic carbocycles. The van der Waals surface area contributed by atoms with Gasteiger partial charge < -0.3 is 4.70 Å². The van der Waals surface area contributed by atoms with Crippen LogP contribution in [-0.4, -0.2) is 5.52 Å². The van der Waals surface area contributed by atoms with Crippen LogP contribution in [0.5, 0.6) is 0 Å². The molecule has 0 saturated carbocycles. The summed E-state index contributed by atoms with van der Waals surface area (Å²) < 4.78 is 106. The molecule has 0 aliphatic rings. The molecule has 0 nitrogen and oxygen atoms in total. The van der Waals surface area contributed by atoms with Crippen molar-refractivity contribution < 1.29 is 85.3 Å². The van der Waals surface area contributed by atoms with Gasteiger partial charge in [-0.3, -0.25) is 0 Å². The minimum absolute atomic E-state index is 0. The van der Waals surface area contributed by atoms with E-state index in [9.17, 15) is 0 Å². The van der Waals surface area contributed by atoms with Crippen molar-refractivity contribution in [3.63, 3.8) is 0 Å². The Kier molecular flexibility index (Phi) is 34900. The average molecular weight is 690 g/mol. The SMILES string of the molecule is C.C.C.C.C.C.C.C.C.C.C.C.C.C.C.C.C.C.C.C.P=S.[3HH].[3HH].[3HH].[3HH].[3HH].[3HH].[3HH].[3HH].[3HH].[3HH].[3HH].[3HH].[3HH].[3HH].[3HH].[3HH].[3HH].[3HH].[3HH].[3HH].[3H][3H].[3H][3H].[3H][3H].[3H][3H].[3H][3H].[3H][3H].[3H][3H].[3H][3H].[3H][3H].[3H][3H].[3H][I-]C.[F-]. The molecule has 0 radical (unpaired) electrons. The van der Waals surface area contributed by atoms with Gasteiger partial charge in [0.1, 0.15) is 0 Å². The van der Waals surface area contributed by atoms with Crippen LogP contribution in [0, 0.1) is 0 Å². The van der Waals surface area contributed by atoms with Crippen LogP contribution in [0.2, 0.25) is 0 Å². The normalized spacial score (nSPS) is 4.28. The molecule has 0 aromatic rings. The number of halogens is 2. The fraction of sp³-hybridized carbons (Fsp3) is 1.00. The molecule has 0 aromatic carbocycles. The van der Waals surface area contributed by atoms with E-state index < -0.39 is 0 Å². The summed E-state index contributed by atoms with van der Waals surface area (Å²) in [7, 11) is 2.56. The van der Waals surface area contributed by atoms with E-state index in [1.807, 2.05) is 4.93 Å². The maximum atomic E-state index is 6.32. The second kappa shape index (κ2) is 10600. The minimum atomic E-state index is -0.160. The smallest absolute Gasteiger partial charge is 1.00 e. The van der Waals surface area contributed by atoms with Crippen LogP contribution in [-0.2, 0) is 11.8 Å². The van der Waals surface area contributed by atoms with Crippen molar-refractivity contribution in [1.29, 1.82) is 0.594 Å². The van der Waals surface area contributed by atoms with Crippen LogP contribution >= 0.6 is 8.02 Å². The van der Waals surface area contributed by atoms with Crippen LogP contribution in [0.3, 0.4) is 0 Å². The van der Waals surface area contributed by atoms with E-state index >= 15 is 0 Å². The third kappa shape index (κ3) is 9720. The van der Waals surface area contributed by atoms with Crippen LogP contribution in [0.4, 0.5) is 0 Å². The molecule has 0 saturated heterocycles. The van der Waals surface area contributed by atoms with Crippen molar-refractivity contribution >= 4 is 19.8 Å². The average Bonchev–Trinajstić information content (AvgIpc) is 2.83. The number of rotatable bonds is 0. The molecular weight excluding hydrogens is 461 g/mol. The van der Waals surface area contributed by atoms with Gasteiger partial charge in [0.25, 0.3) is 0 Å². The van der Waals surface area contributed by atoms with Crippen LogP contribution in [0.25, 0.3) is 0 Å². The van der Waals surface area contributed by atoms with E-state index in [2.05, 4.69) is 19.8 Å². The fourth-order valence-corrected chi connectivity index (χ4v) is 0. The molecule has 4 heteroatoms. The molecule has 0 N–H and O–H groups in total. The first kappa shape index (κ1) is 82.6. The summed E-state index contributed by atoms with van der Waals surface area (Å²) in [6.45, 7) is 0. The van der Waals surface area contributed by atoms with E-state index in [4.69, 9.17) is 30.3 Å². The predicted octanol–water partition coefficient (Wildman–Crippen LogP) is 14.6. The Balaban J connectivity index is -0.000000000519. The zero-order valence-corrected chi connectivity index (χ0v) is 6.64. The van der Waals surface area contributed by atoms with Crippen LogP contribution in [0.1, 0.15) is 207 Å². The van der Waals surface area contributed by atoms with Gasteiger partial charge in [-0.2, -0.15) is 0 Å². The molecule has 0 aromatic heterocycles. The van der Waals surface area contributed by atoms with Gasteiger partial charge in [0, 0.05) is 58.2 Å². The molecule has 0 unspecified atom stereocenters. The molecule has 0 atom stereocenters. The van der Waals surface area contributed by atoms with Crippen molar-refractivity contribution in [2.75, 3.05) is 4.93 Å². The first-order chi connectivity index (χ1) is 12.4. The molecule has 0 heterocycles. The van der Waals surface area contributed by atoms with Gasteiger partial charge in [0.2, 0.25) is 0 Å². The van der Waals surface area contributed by atoms with Gasteiger partial charge in [-0.05, 0) is 8.02 Å². The van der Waals surface area contributed by atoms with Gasteiger partial charge in [-0.1, -0.05) is 160 Å². The standard InChI is InChI=1S/CH4I.20CH4.FH.HPS.30H2/c1-2;;;;;;;;;;;;;;;;;;;;;;1-2;;;;;;;;;;;;;;;;;;;;;;;;;;;;;;/h2H,1H3;20*1H4;1H;1H;30*1H/q-1;;;;;;;;;;;;;;;;;;;;;;;;;;;;;;;;;;;;;;;;;;;;;;;;;;;;/p-1/i2T;;;;;;;;;;;;;;;;;;;;;;;10*1+2T;20*1+2. The zero-order chi connectivity index (χ0) is 24.7. The van der Waals surface area contributed by atoms with Crippen LogP contribution < -0.4 is 27.1 Å². The Labute approximate surface area is 261 Å². The van der Waals surface area contributed by atoms with Crippen molar-refractivity contribution in [3.05, 3.63) is 0 Å². The molecule has 0 amide bonds. The van der Waals surface area contributed by atoms with E-state index in [1.54, 1.807) is 0 Å². The molecule has 0 fully saturated rings. The number of alkyl halides is 1. The van der Waals surface area contributed by atoms with Gasteiger partial charge in [-0.25, -0.2) is 0 Å². The monoisotopic (exact) mass is 689 g/mol. The summed E-state index contributed by atoms with van der Waals surface area (Å²) in [4.78, 5) is 1.90. The Hall–Kier alpha value is 1.18. The summed E-state index contributed by atoms with van der Waals surface area (Å²) >= 11 is 3.73. The summed E-state index contributed by atoms with van der Waals surface area (Å²) in [6, 6.07) is 0. The van der Waals surface area contributed by atoms with Gasteiger partial charge in [0.05, 0.1) is 0 Å². The minimum Gasteiger partial charge on any atom is -1.00 e. The summed E-state index contributed by atoms with van der Waals surface area (Å²) in [5.41, 5.74) is 0. The quantitative estimate of drug-likeness (QED) is 0.139. The molecule has 0 spiro atoms. The number of hydrogen-bond donors (Lipinski definition) is 0. The zero-order valence-electron chi connectivity index (χ0n) is 23.7. The molecular formula is C21H145FIPS-2. The maximum absolute atomic E-state index is 6.32. The third-order valence-corrected chi connectivity index (χ3v) is 0. The molecule has 0 rings (SSSR count). The first-order valence-electron chi connectivity index (χ1n) is 11.0. The van der Waals surface area contributed by atoms with Gasteiger partial charge >= 0.3 is 27.9 Å². The summed E-state index contributed by atoms with van der Waals surface area (Å²) in [6.07, 6.45) is 0. The second-order valence-corrected chi connectivity index (χ2v) is 0. The van der Waals surface area contributed by atoms with Crippen molar-refractivity contribution in [3.8, 4) is 0 Å². The van der Waals surface area contributed by atoms with Gasteiger partial charge in [0.15, 0.2) is 0 Å². The predicted molar refractivity (Wildman–Crippen MR) is 221 cm³/mol. The van der Waals surface area contributed by atoms with Gasteiger partial charge in [-0.15, -0.1) is 0 Å². The molecule has 25 heavy (non-hydrogen) atoms. The molecule has 0 bridgehead atoms.